The molecule has 0 atom stereocenters. The molecule has 0 spiro atoms. The lowest BCUT2D eigenvalue weighted by molar-refractivity contribution is 0.304. The summed E-state index contributed by atoms with van der Waals surface area (Å²) in [5.41, 5.74) is 4.51. The van der Waals surface area contributed by atoms with E-state index in [2.05, 4.69) is 45.7 Å². The van der Waals surface area contributed by atoms with Crippen LogP contribution in [-0.2, 0) is 0 Å². The molecule has 0 saturated carbocycles. The van der Waals surface area contributed by atoms with E-state index in [0.717, 1.165) is 46.9 Å². The van der Waals surface area contributed by atoms with Gasteiger partial charge in [-0.1, -0.05) is 126 Å². The predicted octanol–water partition coefficient (Wildman–Crippen LogP) is 13.3. The normalized spacial score (nSPS) is 11.3. The lowest BCUT2D eigenvalue weighted by atomic mass is 10.0. The van der Waals surface area contributed by atoms with Crippen molar-refractivity contribution in [3.8, 4) is 34.0 Å². The molecule has 0 bridgehead atoms. The molecule has 0 unspecified atom stereocenters. The van der Waals surface area contributed by atoms with Crippen LogP contribution >= 0.6 is 55.1 Å². The molecule has 3 aromatic carbocycles. The molecule has 0 aliphatic carbocycles. The van der Waals surface area contributed by atoms with Gasteiger partial charge in [-0.3, -0.25) is 0 Å². The highest BCUT2D eigenvalue weighted by molar-refractivity contribution is 9.11. The molecular weight excluding hydrogens is 723 g/mol. The average molecular weight is 765 g/mol. The molecule has 4 aromatic rings. The van der Waals surface area contributed by atoms with Gasteiger partial charge in [0.05, 0.1) is 43.6 Å². The molecule has 0 fully saturated rings. The van der Waals surface area contributed by atoms with Crippen molar-refractivity contribution in [3.63, 3.8) is 0 Å². The van der Waals surface area contributed by atoms with Crippen molar-refractivity contribution in [2.45, 2.75) is 90.9 Å². The second-order valence-corrected chi connectivity index (χ2v) is 13.5. The third-order valence-electron chi connectivity index (χ3n) is 7.64. The van der Waals surface area contributed by atoms with Gasteiger partial charge in [-0.25, -0.2) is 9.97 Å². The maximum absolute atomic E-state index is 6.56. The van der Waals surface area contributed by atoms with Crippen molar-refractivity contribution in [2.24, 2.45) is 0 Å². The number of hydrogen-bond donors (Lipinski definition) is 0. The maximum Gasteiger partial charge on any atom is 0.119 e. The Balaban J connectivity index is 1.63. The first-order valence-corrected chi connectivity index (χ1v) is 18.3. The predicted molar refractivity (Wildman–Crippen MR) is 194 cm³/mol. The summed E-state index contributed by atoms with van der Waals surface area (Å²) < 4.78 is 13.5. The minimum Gasteiger partial charge on any atom is -0.494 e. The van der Waals surface area contributed by atoms with Gasteiger partial charge in [0, 0.05) is 11.1 Å². The third-order valence-corrected chi connectivity index (χ3v) is 10.5. The minimum atomic E-state index is 0.389. The molecule has 0 aliphatic heterocycles. The summed E-state index contributed by atoms with van der Waals surface area (Å²) in [6.45, 7) is 5.86. The van der Waals surface area contributed by atoms with Gasteiger partial charge in [0.1, 0.15) is 22.5 Å². The smallest absolute Gasteiger partial charge is 0.119 e. The molecule has 0 amide bonds. The SMILES string of the molecule is CCCCCCCCOc1cccc(-c2nc3c(Br)c(Cl)c(Cl)c(Br)c3nc2-c2cccc(OCCCCCCCC)c2)c1. The van der Waals surface area contributed by atoms with E-state index in [1.807, 2.05) is 48.5 Å². The number of unbranched alkanes of at least 4 members (excludes halogenated alkanes) is 10. The van der Waals surface area contributed by atoms with Gasteiger partial charge in [0.25, 0.3) is 0 Å². The van der Waals surface area contributed by atoms with Crippen molar-refractivity contribution in [3.05, 3.63) is 67.5 Å². The lowest BCUT2D eigenvalue weighted by Crippen LogP contribution is -2.00. The largest absolute Gasteiger partial charge is 0.494 e. The van der Waals surface area contributed by atoms with E-state index >= 15 is 0 Å². The molecule has 4 rings (SSSR count). The number of nitrogens with zero attached hydrogens (tertiary/aromatic N) is 2. The fourth-order valence-electron chi connectivity index (χ4n) is 5.16. The molecule has 1 aromatic heterocycles. The Bertz CT molecular complexity index is 1400. The first-order chi connectivity index (χ1) is 21.4. The van der Waals surface area contributed by atoms with E-state index in [0.29, 0.717) is 43.2 Å². The van der Waals surface area contributed by atoms with Crippen LogP contribution < -0.4 is 9.47 Å². The van der Waals surface area contributed by atoms with Crippen LogP contribution in [0.3, 0.4) is 0 Å². The zero-order valence-corrected chi connectivity index (χ0v) is 30.4. The fraction of sp³-hybridized carbons (Fsp3) is 0.444. The van der Waals surface area contributed by atoms with E-state index in [1.54, 1.807) is 0 Å². The summed E-state index contributed by atoms with van der Waals surface area (Å²) in [6.07, 6.45) is 14.7. The molecule has 0 N–H and O–H groups in total. The van der Waals surface area contributed by atoms with E-state index in [9.17, 15) is 0 Å². The van der Waals surface area contributed by atoms with Gasteiger partial charge in [-0.15, -0.1) is 0 Å². The van der Waals surface area contributed by atoms with Crippen LogP contribution in [0.4, 0.5) is 0 Å². The van der Waals surface area contributed by atoms with Crippen molar-refractivity contribution in [2.75, 3.05) is 13.2 Å². The highest BCUT2D eigenvalue weighted by Crippen LogP contribution is 2.44. The quantitative estimate of drug-likeness (QED) is 0.0575. The molecule has 4 nitrogen and oxygen atoms in total. The highest BCUT2D eigenvalue weighted by Gasteiger charge is 2.21. The first-order valence-electron chi connectivity index (χ1n) is 15.9. The average Bonchev–Trinajstić information content (AvgIpc) is 3.05. The zero-order valence-electron chi connectivity index (χ0n) is 25.7. The summed E-state index contributed by atoms with van der Waals surface area (Å²) >= 11 is 20.3. The highest BCUT2D eigenvalue weighted by atomic mass is 79.9. The van der Waals surface area contributed by atoms with Crippen molar-refractivity contribution >= 4 is 66.1 Å². The summed E-state index contributed by atoms with van der Waals surface area (Å²) in [5, 5.41) is 0.778. The third kappa shape index (κ3) is 9.57. The van der Waals surface area contributed by atoms with Crippen LogP contribution in [0, 0.1) is 0 Å². The number of halogens is 4. The second kappa shape index (κ2) is 18.3. The Morgan fingerprint density at radius 1 is 0.568 bits per heavy atom. The molecular formula is C36H42Br2Cl2N2O2. The Kier molecular flexibility index (Phi) is 14.6. The van der Waals surface area contributed by atoms with Crippen LogP contribution in [0.15, 0.2) is 57.5 Å². The number of aromatic nitrogens is 2. The van der Waals surface area contributed by atoms with Gasteiger partial charge in [-0.2, -0.15) is 0 Å². The van der Waals surface area contributed by atoms with Crippen LogP contribution in [0.5, 0.6) is 11.5 Å². The fourth-order valence-corrected chi connectivity index (χ4v) is 6.70. The summed E-state index contributed by atoms with van der Waals surface area (Å²) in [7, 11) is 0. The Labute approximate surface area is 289 Å². The van der Waals surface area contributed by atoms with Gasteiger partial charge >= 0.3 is 0 Å². The van der Waals surface area contributed by atoms with Crippen LogP contribution in [-0.4, -0.2) is 23.2 Å². The number of rotatable bonds is 18. The maximum atomic E-state index is 6.56. The van der Waals surface area contributed by atoms with E-state index in [1.165, 1.54) is 64.2 Å². The number of ether oxygens (including phenoxy) is 2. The molecule has 0 saturated heterocycles. The molecule has 0 radical (unpaired) electrons. The van der Waals surface area contributed by atoms with Gasteiger partial charge < -0.3 is 9.47 Å². The minimum absolute atomic E-state index is 0.389. The molecule has 236 valence electrons. The number of hydrogen-bond acceptors (Lipinski definition) is 4. The van der Waals surface area contributed by atoms with E-state index in [-0.39, 0.29) is 0 Å². The van der Waals surface area contributed by atoms with Gasteiger partial charge in [0.15, 0.2) is 0 Å². The second-order valence-electron chi connectivity index (χ2n) is 11.2. The summed E-state index contributed by atoms with van der Waals surface area (Å²) in [4.78, 5) is 10.3. The van der Waals surface area contributed by atoms with Crippen LogP contribution in [0.1, 0.15) is 90.9 Å². The topological polar surface area (TPSA) is 44.2 Å². The van der Waals surface area contributed by atoms with Crippen molar-refractivity contribution < 1.29 is 9.47 Å². The van der Waals surface area contributed by atoms with Crippen molar-refractivity contribution in [1.82, 2.24) is 9.97 Å². The first kappa shape index (κ1) is 35.0. The molecule has 1 heterocycles. The number of fused-ring (bicyclic) bond motifs is 1. The van der Waals surface area contributed by atoms with Crippen LogP contribution in [0.25, 0.3) is 33.5 Å². The zero-order chi connectivity index (χ0) is 31.3. The Morgan fingerprint density at radius 3 is 1.36 bits per heavy atom. The summed E-state index contributed by atoms with van der Waals surface area (Å²) in [6, 6.07) is 16.1. The Hall–Kier alpha value is -1.86. The number of benzene rings is 3. The van der Waals surface area contributed by atoms with E-state index in [4.69, 9.17) is 42.6 Å². The Morgan fingerprint density at radius 2 is 0.955 bits per heavy atom. The van der Waals surface area contributed by atoms with Crippen LogP contribution in [0.2, 0.25) is 10.0 Å². The van der Waals surface area contributed by atoms with E-state index < -0.39 is 0 Å². The van der Waals surface area contributed by atoms with Crippen molar-refractivity contribution in [1.29, 1.82) is 0 Å². The molecule has 8 heteroatoms. The monoisotopic (exact) mass is 762 g/mol. The van der Waals surface area contributed by atoms with Gasteiger partial charge in [0.2, 0.25) is 0 Å². The van der Waals surface area contributed by atoms with Gasteiger partial charge in [-0.05, 0) is 69.0 Å². The standard InChI is InChI=1S/C36H42Br2Cl2N2O2/c1-3-5-7-9-11-13-21-43-27-19-15-17-25(23-27)33-34(42-36-30(38)32(40)31(39)29(37)35(36)41-33)26-18-16-20-28(24-26)44-22-14-12-10-8-6-4-2/h15-20,23-24H,3-14,21-22H2,1-2H3. The molecule has 44 heavy (non-hydrogen) atoms. The summed E-state index contributed by atoms with van der Waals surface area (Å²) in [5.74, 6) is 1.63. The lowest BCUT2D eigenvalue weighted by Gasteiger charge is -2.15. The molecule has 0 aliphatic rings.